The number of nitrogens with zero attached hydrogens (tertiary/aromatic N) is 1. The lowest BCUT2D eigenvalue weighted by atomic mass is 10.0. The Labute approximate surface area is 128 Å². The summed E-state index contributed by atoms with van der Waals surface area (Å²) in [7, 11) is 0. The van der Waals surface area contributed by atoms with Crippen LogP contribution in [0, 0.1) is 5.82 Å². The minimum Gasteiger partial charge on any atom is -0.334 e. The normalized spacial score (nSPS) is 14.8. The van der Waals surface area contributed by atoms with Gasteiger partial charge in [-0.3, -0.25) is 4.79 Å². The highest BCUT2D eigenvalue weighted by Crippen LogP contribution is 2.23. The molecule has 0 spiro atoms. The first-order chi connectivity index (χ1) is 10.2. The van der Waals surface area contributed by atoms with Gasteiger partial charge in [-0.05, 0) is 30.5 Å². The van der Waals surface area contributed by atoms with Crippen LogP contribution in [0.25, 0.3) is 0 Å². The lowest BCUT2D eigenvalue weighted by molar-refractivity contribution is 0.0747. The minimum atomic E-state index is -0.440. The lowest BCUT2D eigenvalue weighted by Crippen LogP contribution is -2.30. The summed E-state index contributed by atoms with van der Waals surface area (Å²) in [6.45, 7) is 0.874. The molecule has 1 heterocycles. The number of rotatable bonds is 2. The Morgan fingerprint density at radius 1 is 1.14 bits per heavy atom. The molecule has 0 radical (unpaired) electrons. The van der Waals surface area contributed by atoms with Gasteiger partial charge in [-0.15, -0.1) is 0 Å². The molecule has 1 aliphatic heterocycles. The van der Waals surface area contributed by atoms with E-state index in [2.05, 4.69) is 0 Å². The summed E-state index contributed by atoms with van der Waals surface area (Å²) in [5, 5.41) is 0.0928. The van der Waals surface area contributed by atoms with E-state index in [-0.39, 0.29) is 17.5 Å². The van der Waals surface area contributed by atoms with Crippen LogP contribution in [-0.2, 0) is 13.0 Å². The molecule has 108 valence electrons. The molecule has 2 aromatic rings. The molecule has 2 aromatic carbocycles. The van der Waals surface area contributed by atoms with E-state index in [1.807, 2.05) is 24.3 Å². The fourth-order valence-corrected chi connectivity index (χ4v) is 2.90. The maximum Gasteiger partial charge on any atom is 0.254 e. The average Bonchev–Trinajstić information content (AvgIpc) is 2.65. The molecule has 0 bridgehead atoms. The summed E-state index contributed by atoms with van der Waals surface area (Å²) in [6.07, 6.45) is 1.75. The van der Waals surface area contributed by atoms with E-state index in [9.17, 15) is 9.18 Å². The van der Waals surface area contributed by atoms with Gasteiger partial charge in [0.25, 0.3) is 5.91 Å². The van der Waals surface area contributed by atoms with E-state index in [0.717, 1.165) is 24.0 Å². The summed E-state index contributed by atoms with van der Waals surface area (Å²) >= 11 is 5.80. The van der Waals surface area contributed by atoms with Crippen molar-refractivity contribution >= 4 is 17.5 Å². The van der Waals surface area contributed by atoms with Crippen molar-refractivity contribution in [1.29, 1.82) is 0 Å². The van der Waals surface area contributed by atoms with Crippen molar-refractivity contribution in [2.45, 2.75) is 19.4 Å². The number of fused-ring (bicyclic) bond motifs is 1. The highest BCUT2D eigenvalue weighted by molar-refractivity contribution is 6.30. The van der Waals surface area contributed by atoms with Crippen LogP contribution in [0.2, 0.25) is 5.02 Å². The van der Waals surface area contributed by atoms with Gasteiger partial charge < -0.3 is 4.90 Å². The molecular formula is C17H15ClFNO. The van der Waals surface area contributed by atoms with Crippen molar-refractivity contribution < 1.29 is 9.18 Å². The molecule has 21 heavy (non-hydrogen) atoms. The molecule has 1 amide bonds. The topological polar surface area (TPSA) is 20.3 Å². The molecule has 0 N–H and O–H groups in total. The van der Waals surface area contributed by atoms with E-state index < -0.39 is 5.82 Å². The smallest absolute Gasteiger partial charge is 0.254 e. The van der Waals surface area contributed by atoms with Crippen molar-refractivity contribution in [3.8, 4) is 0 Å². The number of aryl methyl sites for hydroxylation is 1. The van der Waals surface area contributed by atoms with Crippen LogP contribution in [-0.4, -0.2) is 17.4 Å². The Morgan fingerprint density at radius 3 is 2.81 bits per heavy atom. The summed E-state index contributed by atoms with van der Waals surface area (Å²) in [6, 6.07) is 12.5. The maximum absolute atomic E-state index is 14.0. The number of hydrogen-bond acceptors (Lipinski definition) is 1. The van der Waals surface area contributed by atoms with Gasteiger partial charge in [-0.25, -0.2) is 4.39 Å². The van der Waals surface area contributed by atoms with Gasteiger partial charge in [0.2, 0.25) is 0 Å². The third-order valence-corrected chi connectivity index (χ3v) is 4.09. The molecule has 3 rings (SSSR count). The molecule has 0 unspecified atom stereocenters. The second-order valence-electron chi connectivity index (χ2n) is 5.20. The minimum absolute atomic E-state index is 0.0394. The number of halogens is 2. The predicted molar refractivity (Wildman–Crippen MR) is 80.9 cm³/mol. The number of amides is 1. The molecule has 1 aliphatic rings. The fourth-order valence-electron chi connectivity index (χ4n) is 2.71. The summed E-state index contributed by atoms with van der Waals surface area (Å²) < 4.78 is 14.0. The molecule has 0 fully saturated rings. The Balaban J connectivity index is 1.90. The Kier molecular flexibility index (Phi) is 3.93. The van der Waals surface area contributed by atoms with Crippen LogP contribution >= 0.6 is 11.6 Å². The zero-order valence-electron chi connectivity index (χ0n) is 11.5. The van der Waals surface area contributed by atoms with Crippen molar-refractivity contribution in [3.05, 3.63) is 70.0 Å². The van der Waals surface area contributed by atoms with Gasteiger partial charge in [0, 0.05) is 24.2 Å². The van der Waals surface area contributed by atoms with E-state index in [4.69, 9.17) is 11.6 Å². The molecule has 0 aromatic heterocycles. The Bertz CT molecular complexity index is 686. The molecule has 0 saturated carbocycles. The van der Waals surface area contributed by atoms with Gasteiger partial charge in [0.1, 0.15) is 5.82 Å². The maximum atomic E-state index is 14.0. The second-order valence-corrected chi connectivity index (χ2v) is 5.61. The molecule has 0 atom stereocenters. The SMILES string of the molecule is O=C1c2ccccc2CCCN1Cc1cccc(Cl)c1F. The average molecular weight is 304 g/mol. The van der Waals surface area contributed by atoms with Crippen LogP contribution in [0.1, 0.15) is 27.9 Å². The zero-order chi connectivity index (χ0) is 14.8. The van der Waals surface area contributed by atoms with Crippen molar-refractivity contribution in [3.63, 3.8) is 0 Å². The first-order valence-corrected chi connectivity index (χ1v) is 7.34. The quantitative estimate of drug-likeness (QED) is 0.819. The third-order valence-electron chi connectivity index (χ3n) is 3.80. The number of hydrogen-bond donors (Lipinski definition) is 0. The fraction of sp³-hybridized carbons (Fsp3) is 0.235. The lowest BCUT2D eigenvalue weighted by Gasteiger charge is -2.21. The van der Waals surface area contributed by atoms with Crippen LogP contribution in [0.4, 0.5) is 4.39 Å². The van der Waals surface area contributed by atoms with E-state index in [1.165, 1.54) is 6.07 Å². The summed E-state index contributed by atoms with van der Waals surface area (Å²) in [5.74, 6) is -0.480. The van der Waals surface area contributed by atoms with E-state index in [1.54, 1.807) is 17.0 Å². The van der Waals surface area contributed by atoms with Gasteiger partial charge in [0.05, 0.1) is 5.02 Å². The molecular weight excluding hydrogens is 289 g/mol. The van der Waals surface area contributed by atoms with E-state index >= 15 is 0 Å². The third kappa shape index (κ3) is 2.79. The molecule has 0 aliphatic carbocycles. The predicted octanol–water partition coefficient (Wildman–Crippen LogP) is 4.07. The summed E-state index contributed by atoms with van der Waals surface area (Å²) in [5.41, 5.74) is 2.24. The standard InChI is InChI=1S/C17H15ClFNO/c18-15-9-3-6-13(16(15)19)11-20-10-4-7-12-5-1-2-8-14(12)17(20)21/h1-3,5-6,8-9H,4,7,10-11H2. The first-order valence-electron chi connectivity index (χ1n) is 6.97. The number of carbonyl (C=O) groups excluding carboxylic acids is 1. The Morgan fingerprint density at radius 2 is 1.95 bits per heavy atom. The van der Waals surface area contributed by atoms with Gasteiger partial charge >= 0.3 is 0 Å². The zero-order valence-corrected chi connectivity index (χ0v) is 12.2. The Hall–Kier alpha value is -1.87. The van der Waals surface area contributed by atoms with Crippen LogP contribution < -0.4 is 0 Å². The molecule has 4 heteroatoms. The largest absolute Gasteiger partial charge is 0.334 e. The van der Waals surface area contributed by atoms with Crippen LogP contribution in [0.15, 0.2) is 42.5 Å². The van der Waals surface area contributed by atoms with Gasteiger partial charge in [0.15, 0.2) is 0 Å². The highest BCUT2D eigenvalue weighted by atomic mass is 35.5. The second kappa shape index (κ2) is 5.86. The first kappa shape index (κ1) is 14.1. The highest BCUT2D eigenvalue weighted by Gasteiger charge is 2.23. The number of benzene rings is 2. The van der Waals surface area contributed by atoms with Gasteiger partial charge in [-0.2, -0.15) is 0 Å². The van der Waals surface area contributed by atoms with Crippen molar-refractivity contribution in [1.82, 2.24) is 4.90 Å². The van der Waals surface area contributed by atoms with Gasteiger partial charge in [-0.1, -0.05) is 41.9 Å². The van der Waals surface area contributed by atoms with E-state index in [0.29, 0.717) is 12.1 Å². The molecule has 0 saturated heterocycles. The van der Waals surface area contributed by atoms with Crippen LogP contribution in [0.3, 0.4) is 0 Å². The van der Waals surface area contributed by atoms with Crippen molar-refractivity contribution in [2.24, 2.45) is 0 Å². The van der Waals surface area contributed by atoms with Crippen LogP contribution in [0.5, 0.6) is 0 Å². The number of carbonyl (C=O) groups is 1. The summed E-state index contributed by atoms with van der Waals surface area (Å²) in [4.78, 5) is 14.3. The molecule has 2 nitrogen and oxygen atoms in total. The monoisotopic (exact) mass is 303 g/mol. The van der Waals surface area contributed by atoms with Crippen molar-refractivity contribution in [2.75, 3.05) is 6.54 Å².